The minimum Gasteiger partial charge on any atom is -0.368 e. The zero-order valence-electron chi connectivity index (χ0n) is 16.5. The monoisotopic (exact) mass is 402 g/mol. The second-order valence-electron chi connectivity index (χ2n) is 7.96. The van der Waals surface area contributed by atoms with Crippen LogP contribution in [0.3, 0.4) is 0 Å². The van der Waals surface area contributed by atoms with Gasteiger partial charge < -0.3 is 19.7 Å². The molecule has 7 nitrogen and oxygen atoms in total. The van der Waals surface area contributed by atoms with E-state index in [2.05, 4.69) is 10.2 Å². The normalized spacial score (nSPS) is 22.6. The highest BCUT2D eigenvalue weighted by Crippen LogP contribution is 2.35. The molecule has 0 radical (unpaired) electrons. The average Bonchev–Trinajstić information content (AvgIpc) is 3.18. The first-order chi connectivity index (χ1) is 14.1. The first kappa shape index (κ1) is 20.1. The lowest BCUT2D eigenvalue weighted by atomic mass is 9.90. The Morgan fingerprint density at radius 1 is 1.21 bits per heavy atom. The van der Waals surface area contributed by atoms with Crippen molar-refractivity contribution in [3.8, 4) is 6.07 Å². The van der Waals surface area contributed by atoms with Crippen molar-refractivity contribution in [2.45, 2.75) is 37.5 Å². The van der Waals surface area contributed by atoms with Crippen molar-refractivity contribution >= 4 is 11.6 Å². The first-order valence-electron chi connectivity index (χ1n) is 10.3. The number of anilines is 1. The maximum atomic E-state index is 13.8. The molecular weight excluding hydrogens is 375 g/mol. The van der Waals surface area contributed by atoms with Crippen molar-refractivity contribution in [1.29, 1.82) is 5.26 Å². The van der Waals surface area contributed by atoms with Gasteiger partial charge in [0.2, 0.25) is 5.91 Å². The molecule has 0 bridgehead atoms. The van der Waals surface area contributed by atoms with E-state index in [1.54, 1.807) is 12.1 Å². The van der Waals surface area contributed by atoms with E-state index < -0.39 is 11.6 Å². The highest BCUT2D eigenvalue weighted by atomic mass is 19.1. The summed E-state index contributed by atoms with van der Waals surface area (Å²) < 4.78 is 25.3. The van der Waals surface area contributed by atoms with Gasteiger partial charge in [0, 0.05) is 45.1 Å². The molecule has 1 spiro atoms. The van der Waals surface area contributed by atoms with Crippen LogP contribution < -0.4 is 10.2 Å². The molecule has 1 amide bonds. The van der Waals surface area contributed by atoms with Crippen LogP contribution in [0.4, 0.5) is 10.1 Å². The third kappa shape index (κ3) is 4.53. The van der Waals surface area contributed by atoms with Gasteiger partial charge in [0.25, 0.3) is 0 Å². The van der Waals surface area contributed by atoms with Gasteiger partial charge in [0.15, 0.2) is 5.79 Å². The summed E-state index contributed by atoms with van der Waals surface area (Å²) in [5.41, 5.74) is 0.716. The van der Waals surface area contributed by atoms with Crippen LogP contribution in [-0.4, -0.2) is 68.6 Å². The molecule has 3 fully saturated rings. The maximum Gasteiger partial charge on any atom is 0.234 e. The molecule has 0 unspecified atom stereocenters. The number of amides is 1. The lowest BCUT2D eigenvalue weighted by molar-refractivity contribution is -0.180. The molecule has 4 rings (SSSR count). The van der Waals surface area contributed by atoms with Crippen molar-refractivity contribution < 1.29 is 18.7 Å². The van der Waals surface area contributed by atoms with Gasteiger partial charge in [-0.15, -0.1) is 0 Å². The van der Waals surface area contributed by atoms with E-state index in [0.717, 1.165) is 25.7 Å². The van der Waals surface area contributed by atoms with E-state index >= 15 is 0 Å². The van der Waals surface area contributed by atoms with Gasteiger partial charge in [0.05, 0.1) is 25.4 Å². The predicted molar refractivity (Wildman–Crippen MR) is 105 cm³/mol. The zero-order chi connectivity index (χ0) is 20.3. The van der Waals surface area contributed by atoms with Gasteiger partial charge in [-0.2, -0.15) is 5.26 Å². The smallest absolute Gasteiger partial charge is 0.234 e. The number of ether oxygens (including phenoxy) is 2. The summed E-state index contributed by atoms with van der Waals surface area (Å²) in [4.78, 5) is 16.6. The maximum absolute atomic E-state index is 13.8. The topological polar surface area (TPSA) is 77.8 Å². The van der Waals surface area contributed by atoms with Gasteiger partial charge in [-0.25, -0.2) is 4.39 Å². The Morgan fingerprint density at radius 3 is 2.55 bits per heavy atom. The zero-order valence-corrected chi connectivity index (χ0v) is 16.5. The van der Waals surface area contributed by atoms with E-state index in [1.807, 2.05) is 11.0 Å². The van der Waals surface area contributed by atoms with E-state index in [4.69, 9.17) is 9.47 Å². The van der Waals surface area contributed by atoms with Crippen LogP contribution in [0, 0.1) is 17.1 Å². The predicted octanol–water partition coefficient (Wildman–Crippen LogP) is 1.62. The highest BCUT2D eigenvalue weighted by molar-refractivity contribution is 5.78. The van der Waals surface area contributed by atoms with Crippen molar-refractivity contribution in [2.75, 3.05) is 50.8 Å². The molecule has 156 valence electrons. The fraction of sp³-hybridized carbons (Fsp3) is 0.619. The molecule has 1 N–H and O–H groups in total. The second-order valence-corrected chi connectivity index (χ2v) is 7.96. The molecular formula is C21H27FN4O3. The van der Waals surface area contributed by atoms with Crippen LogP contribution in [0.1, 0.15) is 31.2 Å². The molecule has 8 heteroatoms. The van der Waals surface area contributed by atoms with Crippen LogP contribution in [0.25, 0.3) is 0 Å². The summed E-state index contributed by atoms with van der Waals surface area (Å²) in [7, 11) is 0. The second kappa shape index (κ2) is 8.66. The summed E-state index contributed by atoms with van der Waals surface area (Å²) >= 11 is 0. The number of nitriles is 1. The number of nitrogens with one attached hydrogen (secondary N) is 1. The molecule has 2 heterocycles. The summed E-state index contributed by atoms with van der Waals surface area (Å²) in [5, 5.41) is 12.4. The van der Waals surface area contributed by atoms with Crippen molar-refractivity contribution in [3.05, 3.63) is 29.6 Å². The van der Waals surface area contributed by atoms with Gasteiger partial charge in [-0.05, 0) is 25.0 Å². The lowest BCUT2D eigenvalue weighted by Crippen LogP contribution is -2.51. The van der Waals surface area contributed by atoms with E-state index in [-0.39, 0.29) is 17.5 Å². The van der Waals surface area contributed by atoms with Crippen molar-refractivity contribution in [1.82, 2.24) is 10.2 Å². The number of halogens is 1. The minimum atomic E-state index is -0.491. The molecule has 2 aliphatic heterocycles. The number of rotatable bonds is 4. The summed E-state index contributed by atoms with van der Waals surface area (Å²) in [6.07, 6.45) is 3.39. The van der Waals surface area contributed by atoms with Gasteiger partial charge in [-0.1, -0.05) is 6.07 Å². The summed E-state index contributed by atoms with van der Waals surface area (Å²) in [6, 6.07) is 6.84. The molecule has 1 saturated carbocycles. The molecule has 1 aromatic rings. The van der Waals surface area contributed by atoms with Crippen molar-refractivity contribution in [2.24, 2.45) is 0 Å². The SMILES string of the molecule is N#Cc1c(F)cccc1N1CCN(CC(=O)NC2CCC3(CC2)OCCO3)CC1. The Bertz CT molecular complexity index is 773. The molecule has 0 aromatic heterocycles. The molecule has 3 aliphatic rings. The van der Waals surface area contributed by atoms with Crippen LogP contribution in [0.5, 0.6) is 0 Å². The molecule has 1 aliphatic carbocycles. The Balaban J connectivity index is 1.22. The van der Waals surface area contributed by atoms with Gasteiger partial charge >= 0.3 is 0 Å². The third-order valence-corrected chi connectivity index (χ3v) is 6.11. The summed E-state index contributed by atoms with van der Waals surface area (Å²) in [6.45, 7) is 4.40. The fourth-order valence-electron chi connectivity index (χ4n) is 4.50. The number of carbonyl (C=O) groups is 1. The van der Waals surface area contributed by atoms with E-state index in [0.29, 0.717) is 51.6 Å². The van der Waals surface area contributed by atoms with Crippen LogP contribution in [-0.2, 0) is 14.3 Å². The number of carbonyl (C=O) groups excluding carboxylic acids is 1. The third-order valence-electron chi connectivity index (χ3n) is 6.11. The Kier molecular flexibility index (Phi) is 5.99. The van der Waals surface area contributed by atoms with Gasteiger partial charge in [-0.3, -0.25) is 9.69 Å². The van der Waals surface area contributed by atoms with Crippen LogP contribution >= 0.6 is 0 Å². The number of hydrogen-bond acceptors (Lipinski definition) is 6. The average molecular weight is 402 g/mol. The van der Waals surface area contributed by atoms with Crippen LogP contribution in [0.15, 0.2) is 18.2 Å². The minimum absolute atomic E-state index is 0.0381. The standard InChI is InChI=1S/C21H27FN4O3/c22-18-2-1-3-19(17(18)14-23)26-10-8-25(9-11-26)15-20(27)24-16-4-6-21(7-5-16)28-12-13-29-21/h1-3,16H,4-13,15H2,(H,24,27). The lowest BCUT2D eigenvalue weighted by Gasteiger charge is -2.37. The molecule has 1 aromatic carbocycles. The quantitative estimate of drug-likeness (QED) is 0.825. The van der Waals surface area contributed by atoms with E-state index in [9.17, 15) is 14.4 Å². The number of benzene rings is 1. The molecule has 0 atom stereocenters. The Morgan fingerprint density at radius 2 is 1.90 bits per heavy atom. The van der Waals surface area contributed by atoms with Crippen LogP contribution in [0.2, 0.25) is 0 Å². The highest BCUT2D eigenvalue weighted by Gasteiger charge is 2.40. The number of piperazine rings is 1. The molecule has 2 saturated heterocycles. The number of hydrogen-bond donors (Lipinski definition) is 1. The number of nitrogens with zero attached hydrogens (tertiary/aromatic N) is 3. The fourth-order valence-corrected chi connectivity index (χ4v) is 4.50. The first-order valence-corrected chi connectivity index (χ1v) is 10.3. The Hall–Kier alpha value is -2.21. The van der Waals surface area contributed by atoms with Crippen molar-refractivity contribution in [3.63, 3.8) is 0 Å². The molecule has 29 heavy (non-hydrogen) atoms. The van der Waals surface area contributed by atoms with Gasteiger partial charge in [0.1, 0.15) is 17.4 Å². The summed E-state index contributed by atoms with van der Waals surface area (Å²) in [5.74, 6) is -0.859. The largest absolute Gasteiger partial charge is 0.368 e. The van der Waals surface area contributed by atoms with E-state index in [1.165, 1.54) is 6.07 Å². The Labute approximate surface area is 170 Å².